The highest BCUT2D eigenvalue weighted by molar-refractivity contribution is 5.98. The van der Waals surface area contributed by atoms with Crippen LogP contribution in [0.1, 0.15) is 30.1 Å². The molecular weight excluding hydrogens is 214 g/mol. The van der Waals surface area contributed by atoms with Gasteiger partial charge in [0.05, 0.1) is 5.56 Å². The lowest BCUT2D eigenvalue weighted by Gasteiger charge is -2.25. The van der Waals surface area contributed by atoms with Gasteiger partial charge in [0.2, 0.25) is 0 Å². The number of nitrogens with one attached hydrogen (secondary N) is 1. The third kappa shape index (κ3) is 2.40. The van der Waals surface area contributed by atoms with E-state index in [-0.39, 0.29) is 5.91 Å². The summed E-state index contributed by atoms with van der Waals surface area (Å²) in [5.41, 5.74) is 0.644. The van der Waals surface area contributed by atoms with Gasteiger partial charge in [0.15, 0.2) is 0 Å². The molecule has 4 heteroatoms. The molecule has 0 spiro atoms. The van der Waals surface area contributed by atoms with Crippen LogP contribution in [0.3, 0.4) is 0 Å². The van der Waals surface area contributed by atoms with Crippen LogP contribution in [0, 0.1) is 5.92 Å². The van der Waals surface area contributed by atoms with Crippen molar-refractivity contribution in [3.63, 3.8) is 0 Å². The molecule has 1 aliphatic carbocycles. The fraction of sp³-hybridized carbons (Fsp3) is 0.538. The summed E-state index contributed by atoms with van der Waals surface area (Å²) in [6, 6.07) is 3.92. The van der Waals surface area contributed by atoms with Crippen LogP contribution in [0.25, 0.3) is 0 Å². The maximum absolute atomic E-state index is 12.3. The minimum absolute atomic E-state index is 0.0434. The molecule has 0 aliphatic heterocycles. The molecule has 1 aliphatic rings. The first-order valence-corrected chi connectivity index (χ1v) is 6.05. The number of aromatic nitrogens is 1. The lowest BCUT2D eigenvalue weighted by Crippen LogP contribution is -2.36. The molecule has 1 unspecified atom stereocenters. The number of hydrogen-bond acceptors (Lipinski definition) is 3. The van der Waals surface area contributed by atoms with E-state index in [0.717, 1.165) is 0 Å². The molecule has 1 aromatic heterocycles. The van der Waals surface area contributed by atoms with Crippen LogP contribution >= 0.6 is 0 Å². The molecule has 0 bridgehead atoms. The van der Waals surface area contributed by atoms with Crippen LogP contribution in [-0.4, -0.2) is 35.9 Å². The molecule has 0 saturated heterocycles. The average Bonchev–Trinajstić information content (AvgIpc) is 3.20. The highest BCUT2D eigenvalue weighted by Gasteiger charge is 2.33. The van der Waals surface area contributed by atoms with Gasteiger partial charge >= 0.3 is 0 Å². The van der Waals surface area contributed by atoms with Crippen molar-refractivity contribution >= 4 is 11.7 Å². The van der Waals surface area contributed by atoms with Gasteiger partial charge in [0.25, 0.3) is 5.91 Å². The molecule has 1 N–H and O–H groups in total. The molecule has 1 aromatic rings. The molecule has 1 atom stereocenters. The summed E-state index contributed by atoms with van der Waals surface area (Å²) in [4.78, 5) is 18.3. The van der Waals surface area contributed by atoms with Gasteiger partial charge in [-0.05, 0) is 37.8 Å². The molecule has 0 radical (unpaired) electrons. The number of pyridine rings is 1. The number of amides is 1. The van der Waals surface area contributed by atoms with Crippen molar-refractivity contribution < 1.29 is 4.79 Å². The summed E-state index contributed by atoms with van der Waals surface area (Å²) in [7, 11) is 3.65. The predicted molar refractivity (Wildman–Crippen MR) is 68.1 cm³/mol. The Morgan fingerprint density at radius 3 is 2.88 bits per heavy atom. The number of rotatable bonds is 4. The maximum atomic E-state index is 12.3. The zero-order chi connectivity index (χ0) is 12.4. The Hall–Kier alpha value is -1.58. The Labute approximate surface area is 102 Å². The normalized spacial score (nSPS) is 16.4. The van der Waals surface area contributed by atoms with Gasteiger partial charge in [0.1, 0.15) is 5.82 Å². The van der Waals surface area contributed by atoms with Crippen molar-refractivity contribution in [2.75, 3.05) is 19.4 Å². The van der Waals surface area contributed by atoms with Crippen LogP contribution in [0.15, 0.2) is 18.3 Å². The molecule has 4 nitrogen and oxygen atoms in total. The molecule has 2 rings (SSSR count). The molecular formula is C13H19N3O. The van der Waals surface area contributed by atoms with Gasteiger partial charge in [-0.1, -0.05) is 0 Å². The zero-order valence-electron chi connectivity index (χ0n) is 10.6. The van der Waals surface area contributed by atoms with Crippen molar-refractivity contribution in [2.45, 2.75) is 25.8 Å². The summed E-state index contributed by atoms with van der Waals surface area (Å²) in [6.07, 6.45) is 4.17. The Morgan fingerprint density at radius 1 is 1.59 bits per heavy atom. The van der Waals surface area contributed by atoms with Gasteiger partial charge in [0, 0.05) is 26.3 Å². The summed E-state index contributed by atoms with van der Waals surface area (Å²) in [6.45, 7) is 2.12. The van der Waals surface area contributed by atoms with Gasteiger partial charge in [-0.2, -0.15) is 0 Å². The predicted octanol–water partition coefficient (Wildman–Crippen LogP) is 1.99. The first-order valence-electron chi connectivity index (χ1n) is 6.05. The lowest BCUT2D eigenvalue weighted by atomic mass is 10.1. The SMILES string of the molecule is CNc1ncccc1C(=O)N(C)C(C)C1CC1. The number of anilines is 1. The van der Waals surface area contributed by atoms with E-state index in [2.05, 4.69) is 17.2 Å². The topological polar surface area (TPSA) is 45.2 Å². The Bertz CT molecular complexity index is 415. The van der Waals surface area contributed by atoms with Crippen molar-refractivity contribution in [1.82, 2.24) is 9.88 Å². The zero-order valence-corrected chi connectivity index (χ0v) is 10.6. The average molecular weight is 233 g/mol. The molecule has 0 aromatic carbocycles. The van der Waals surface area contributed by atoms with Crippen molar-refractivity contribution in [2.24, 2.45) is 5.92 Å². The number of nitrogens with zero attached hydrogens (tertiary/aromatic N) is 2. The summed E-state index contributed by atoms with van der Waals surface area (Å²) in [5.74, 6) is 1.37. The van der Waals surface area contributed by atoms with E-state index in [1.807, 2.05) is 18.0 Å². The number of carbonyl (C=O) groups excluding carboxylic acids is 1. The molecule has 17 heavy (non-hydrogen) atoms. The molecule has 1 amide bonds. The van der Waals surface area contributed by atoms with Gasteiger partial charge in [-0.3, -0.25) is 4.79 Å². The van der Waals surface area contributed by atoms with Crippen molar-refractivity contribution in [3.05, 3.63) is 23.9 Å². The van der Waals surface area contributed by atoms with Crippen LogP contribution in [0.4, 0.5) is 5.82 Å². The van der Waals surface area contributed by atoms with E-state index in [0.29, 0.717) is 23.3 Å². The summed E-state index contributed by atoms with van der Waals surface area (Å²) >= 11 is 0. The fourth-order valence-corrected chi connectivity index (χ4v) is 2.05. The lowest BCUT2D eigenvalue weighted by molar-refractivity contribution is 0.0728. The highest BCUT2D eigenvalue weighted by Crippen LogP contribution is 2.35. The van der Waals surface area contributed by atoms with E-state index in [4.69, 9.17) is 0 Å². The Morgan fingerprint density at radius 2 is 2.29 bits per heavy atom. The summed E-state index contributed by atoms with van der Waals surface area (Å²) in [5, 5.41) is 2.96. The molecule has 1 saturated carbocycles. The smallest absolute Gasteiger partial charge is 0.257 e. The van der Waals surface area contributed by atoms with E-state index in [1.165, 1.54) is 12.8 Å². The molecule has 1 heterocycles. The maximum Gasteiger partial charge on any atom is 0.257 e. The minimum Gasteiger partial charge on any atom is -0.372 e. The minimum atomic E-state index is 0.0434. The van der Waals surface area contributed by atoms with Crippen LogP contribution in [0.5, 0.6) is 0 Å². The van der Waals surface area contributed by atoms with Gasteiger partial charge in [-0.25, -0.2) is 4.98 Å². The second-order valence-electron chi connectivity index (χ2n) is 4.64. The highest BCUT2D eigenvalue weighted by atomic mass is 16.2. The third-order valence-corrected chi connectivity index (χ3v) is 3.51. The Kier molecular flexibility index (Phi) is 3.31. The molecule has 92 valence electrons. The largest absolute Gasteiger partial charge is 0.372 e. The number of carbonyl (C=O) groups is 1. The Balaban J connectivity index is 2.17. The number of hydrogen-bond donors (Lipinski definition) is 1. The fourth-order valence-electron chi connectivity index (χ4n) is 2.05. The first kappa shape index (κ1) is 11.9. The standard InChI is InChI=1S/C13H19N3O/c1-9(10-6-7-10)16(3)13(17)11-5-4-8-15-12(11)14-2/h4-5,8-10H,6-7H2,1-3H3,(H,14,15). The van der Waals surface area contributed by atoms with Gasteiger partial charge in [-0.15, -0.1) is 0 Å². The van der Waals surface area contributed by atoms with Crippen LogP contribution in [-0.2, 0) is 0 Å². The van der Waals surface area contributed by atoms with Crippen LogP contribution in [0.2, 0.25) is 0 Å². The molecule has 1 fully saturated rings. The van der Waals surface area contributed by atoms with Gasteiger partial charge < -0.3 is 10.2 Å². The second kappa shape index (κ2) is 4.73. The summed E-state index contributed by atoms with van der Waals surface area (Å²) < 4.78 is 0. The first-order chi connectivity index (χ1) is 8.15. The van der Waals surface area contributed by atoms with Crippen molar-refractivity contribution in [1.29, 1.82) is 0 Å². The monoisotopic (exact) mass is 233 g/mol. The van der Waals surface area contributed by atoms with E-state index >= 15 is 0 Å². The quantitative estimate of drug-likeness (QED) is 0.865. The van der Waals surface area contributed by atoms with E-state index in [1.54, 1.807) is 19.3 Å². The van der Waals surface area contributed by atoms with Crippen LogP contribution < -0.4 is 5.32 Å². The van der Waals surface area contributed by atoms with Crippen molar-refractivity contribution in [3.8, 4) is 0 Å². The van der Waals surface area contributed by atoms with E-state index in [9.17, 15) is 4.79 Å². The van der Waals surface area contributed by atoms with E-state index < -0.39 is 0 Å². The second-order valence-corrected chi connectivity index (χ2v) is 4.64. The third-order valence-electron chi connectivity index (χ3n) is 3.51.